The van der Waals surface area contributed by atoms with Crippen LogP contribution in [-0.4, -0.2) is 52.8 Å². The molecule has 172 valence electrons. The fourth-order valence-electron chi connectivity index (χ4n) is 4.96. The SMILES string of the molecule is CC#CCN1C(=O)N[C@](CCCc2ccccc2)(C2CCN(C(=O)c3ccsc3)CC2)C1=O. The van der Waals surface area contributed by atoms with Gasteiger partial charge in [-0.15, -0.1) is 5.92 Å². The molecule has 2 fully saturated rings. The van der Waals surface area contributed by atoms with Gasteiger partial charge in [0, 0.05) is 18.5 Å². The number of nitrogens with zero attached hydrogens (tertiary/aromatic N) is 2. The highest BCUT2D eigenvalue weighted by Gasteiger charge is 2.55. The normalized spacial score (nSPS) is 21.0. The smallest absolute Gasteiger partial charge is 0.325 e. The Morgan fingerprint density at radius 1 is 1.18 bits per heavy atom. The van der Waals surface area contributed by atoms with Gasteiger partial charge in [-0.2, -0.15) is 11.3 Å². The van der Waals surface area contributed by atoms with Crippen LogP contribution in [0.4, 0.5) is 4.79 Å². The molecular formula is C26H29N3O3S. The summed E-state index contributed by atoms with van der Waals surface area (Å²) >= 11 is 1.51. The maximum atomic E-state index is 13.6. The number of amides is 4. The van der Waals surface area contributed by atoms with Gasteiger partial charge in [-0.05, 0) is 62.0 Å². The summed E-state index contributed by atoms with van der Waals surface area (Å²) in [6, 6.07) is 11.7. The van der Waals surface area contributed by atoms with Crippen LogP contribution in [0, 0.1) is 17.8 Å². The van der Waals surface area contributed by atoms with Gasteiger partial charge in [-0.1, -0.05) is 36.3 Å². The Bertz CT molecular complexity index is 1050. The highest BCUT2D eigenvalue weighted by molar-refractivity contribution is 7.08. The van der Waals surface area contributed by atoms with Crippen molar-refractivity contribution in [1.82, 2.24) is 15.1 Å². The second kappa shape index (κ2) is 10.2. The topological polar surface area (TPSA) is 69.7 Å². The summed E-state index contributed by atoms with van der Waals surface area (Å²) in [6.07, 6.45) is 3.57. The van der Waals surface area contributed by atoms with Crippen molar-refractivity contribution in [3.63, 3.8) is 0 Å². The number of imide groups is 1. The molecule has 3 heterocycles. The van der Waals surface area contributed by atoms with Crippen LogP contribution in [0.15, 0.2) is 47.2 Å². The zero-order valence-electron chi connectivity index (χ0n) is 18.9. The number of rotatable bonds is 7. The van der Waals surface area contributed by atoms with Crippen LogP contribution in [0.1, 0.15) is 48.5 Å². The van der Waals surface area contributed by atoms with Crippen LogP contribution in [0.3, 0.4) is 0 Å². The van der Waals surface area contributed by atoms with Crippen LogP contribution >= 0.6 is 11.3 Å². The molecule has 2 saturated heterocycles. The quantitative estimate of drug-likeness (QED) is 0.500. The highest BCUT2D eigenvalue weighted by atomic mass is 32.1. The number of benzene rings is 1. The predicted octanol–water partition coefficient (Wildman–Crippen LogP) is 3.94. The van der Waals surface area contributed by atoms with Gasteiger partial charge in [0.25, 0.3) is 11.8 Å². The molecule has 7 heteroatoms. The molecule has 0 saturated carbocycles. The number of hydrogen-bond donors (Lipinski definition) is 1. The number of thiophene rings is 1. The lowest BCUT2D eigenvalue weighted by molar-refractivity contribution is -0.133. The number of carbonyl (C=O) groups is 3. The Hall–Kier alpha value is -3.11. The number of carbonyl (C=O) groups excluding carboxylic acids is 3. The van der Waals surface area contributed by atoms with E-state index in [0.717, 1.165) is 12.8 Å². The molecule has 0 aliphatic carbocycles. The molecule has 0 bridgehead atoms. The minimum atomic E-state index is -0.932. The Morgan fingerprint density at radius 3 is 2.61 bits per heavy atom. The van der Waals surface area contributed by atoms with E-state index < -0.39 is 5.54 Å². The molecule has 2 aliphatic heterocycles. The monoisotopic (exact) mass is 463 g/mol. The first-order valence-electron chi connectivity index (χ1n) is 11.4. The molecule has 4 rings (SSSR count). The van der Waals surface area contributed by atoms with E-state index in [-0.39, 0.29) is 30.3 Å². The van der Waals surface area contributed by atoms with Crippen LogP contribution < -0.4 is 5.32 Å². The van der Waals surface area contributed by atoms with Crippen molar-refractivity contribution in [2.75, 3.05) is 19.6 Å². The Labute approximate surface area is 199 Å². The van der Waals surface area contributed by atoms with Crippen LogP contribution in [0.2, 0.25) is 0 Å². The summed E-state index contributed by atoms with van der Waals surface area (Å²) in [7, 11) is 0. The van der Waals surface area contributed by atoms with Crippen molar-refractivity contribution in [3.05, 3.63) is 58.3 Å². The van der Waals surface area contributed by atoms with E-state index >= 15 is 0 Å². The number of piperidine rings is 1. The van der Waals surface area contributed by atoms with Gasteiger partial charge in [-0.25, -0.2) is 4.79 Å². The van der Waals surface area contributed by atoms with Crippen molar-refractivity contribution >= 4 is 29.2 Å². The third kappa shape index (κ3) is 4.81. The average Bonchev–Trinajstić information content (AvgIpc) is 3.46. The minimum absolute atomic E-state index is 0.0177. The zero-order chi connectivity index (χ0) is 23.3. The van der Waals surface area contributed by atoms with Gasteiger partial charge >= 0.3 is 6.03 Å². The second-order valence-electron chi connectivity index (χ2n) is 8.64. The maximum absolute atomic E-state index is 13.6. The van der Waals surface area contributed by atoms with Gasteiger partial charge in [0.2, 0.25) is 0 Å². The molecule has 0 radical (unpaired) electrons. The zero-order valence-corrected chi connectivity index (χ0v) is 19.7. The molecule has 1 aromatic heterocycles. The molecule has 1 aromatic carbocycles. The van der Waals surface area contributed by atoms with Crippen molar-refractivity contribution in [2.24, 2.45) is 5.92 Å². The third-order valence-corrected chi connectivity index (χ3v) is 7.43. The van der Waals surface area contributed by atoms with Crippen molar-refractivity contribution in [2.45, 2.75) is 44.6 Å². The summed E-state index contributed by atoms with van der Waals surface area (Å²) in [5.74, 6) is 5.47. The molecule has 6 nitrogen and oxygen atoms in total. The largest absolute Gasteiger partial charge is 0.339 e. The van der Waals surface area contributed by atoms with Crippen LogP contribution in [0.25, 0.3) is 0 Å². The summed E-state index contributed by atoms with van der Waals surface area (Å²) in [6.45, 7) is 2.97. The van der Waals surface area contributed by atoms with Gasteiger partial charge in [0.1, 0.15) is 5.54 Å². The fourth-order valence-corrected chi connectivity index (χ4v) is 5.59. The van der Waals surface area contributed by atoms with Gasteiger partial charge in [-0.3, -0.25) is 14.5 Å². The molecule has 2 aromatic rings. The fraction of sp³-hybridized carbons (Fsp3) is 0.423. The minimum Gasteiger partial charge on any atom is -0.339 e. The lowest BCUT2D eigenvalue weighted by atomic mass is 9.74. The van der Waals surface area contributed by atoms with E-state index in [1.54, 1.807) is 6.92 Å². The summed E-state index contributed by atoms with van der Waals surface area (Å²) in [4.78, 5) is 42.2. The van der Waals surface area contributed by atoms with Gasteiger partial charge in [0.15, 0.2) is 0 Å². The molecule has 0 spiro atoms. The standard InChI is InChI=1S/C26H29N3O3S/c1-2-3-15-29-24(31)26(27-25(29)32,14-7-10-20-8-5-4-6-9-20)22-11-16-28(17-12-22)23(30)21-13-18-33-19-21/h4-6,8-9,13,18-19,22H,7,10-12,14-17H2,1H3,(H,27,32)/t26-/m1/s1. The van der Waals surface area contributed by atoms with Crippen molar-refractivity contribution in [3.8, 4) is 11.8 Å². The summed E-state index contributed by atoms with van der Waals surface area (Å²) < 4.78 is 0. The predicted molar refractivity (Wildman–Crippen MR) is 129 cm³/mol. The lowest BCUT2D eigenvalue weighted by Gasteiger charge is -2.41. The number of nitrogens with one attached hydrogen (secondary N) is 1. The summed E-state index contributed by atoms with van der Waals surface area (Å²) in [5.41, 5.74) is 0.999. The lowest BCUT2D eigenvalue weighted by Crippen LogP contribution is -2.56. The van der Waals surface area contributed by atoms with Crippen molar-refractivity contribution < 1.29 is 14.4 Å². The molecule has 4 amide bonds. The first kappa shape index (κ1) is 23.1. The molecule has 1 atom stereocenters. The molecule has 33 heavy (non-hydrogen) atoms. The molecule has 1 N–H and O–H groups in total. The molecule has 0 unspecified atom stereocenters. The first-order valence-corrected chi connectivity index (χ1v) is 12.4. The Balaban J connectivity index is 1.49. The first-order chi connectivity index (χ1) is 16.0. The second-order valence-corrected chi connectivity index (χ2v) is 9.42. The Morgan fingerprint density at radius 2 is 1.94 bits per heavy atom. The van der Waals surface area contributed by atoms with Gasteiger partial charge in [0.05, 0.1) is 12.1 Å². The van der Waals surface area contributed by atoms with E-state index in [2.05, 4.69) is 29.3 Å². The maximum Gasteiger partial charge on any atom is 0.325 e. The summed E-state index contributed by atoms with van der Waals surface area (Å²) in [5, 5.41) is 6.84. The Kier molecular flexibility index (Phi) is 7.14. The number of likely N-dealkylation sites (tertiary alicyclic amines) is 1. The molecule has 2 aliphatic rings. The van der Waals surface area contributed by atoms with E-state index in [9.17, 15) is 14.4 Å². The number of urea groups is 1. The van der Waals surface area contributed by atoms with Crippen molar-refractivity contribution in [1.29, 1.82) is 0 Å². The van der Waals surface area contributed by atoms with Crippen LogP contribution in [-0.2, 0) is 11.2 Å². The number of aryl methyl sites for hydroxylation is 1. The van der Waals surface area contributed by atoms with Crippen LogP contribution in [0.5, 0.6) is 0 Å². The van der Waals surface area contributed by atoms with E-state index in [1.165, 1.54) is 21.8 Å². The highest BCUT2D eigenvalue weighted by Crippen LogP contribution is 2.37. The third-order valence-electron chi connectivity index (χ3n) is 6.74. The van der Waals surface area contributed by atoms with E-state index in [4.69, 9.17) is 0 Å². The van der Waals surface area contributed by atoms with E-state index in [1.807, 2.05) is 39.9 Å². The number of hydrogen-bond acceptors (Lipinski definition) is 4. The van der Waals surface area contributed by atoms with E-state index in [0.29, 0.717) is 37.9 Å². The molecular weight excluding hydrogens is 434 g/mol. The van der Waals surface area contributed by atoms with Gasteiger partial charge < -0.3 is 10.2 Å². The average molecular weight is 464 g/mol.